The Kier molecular flexibility index (Phi) is 6.64. The standard InChI is InChI=1S/C21H27ClN6O2/c22-18-4-2-1-3-17(18)13-24-21-25-14-19(28(29)30)20(26-21)27-11-7-16(8-12-27)15-5-9-23-10-6-15/h1-4,14-16,23H,5-13H2,(H,24,25,26). The molecule has 2 saturated heterocycles. The molecule has 4 rings (SSSR count). The van der Waals surface area contributed by atoms with Gasteiger partial charge in [-0.2, -0.15) is 4.98 Å². The third-order valence-corrected chi connectivity index (χ3v) is 6.60. The Labute approximate surface area is 181 Å². The molecule has 30 heavy (non-hydrogen) atoms. The van der Waals surface area contributed by atoms with E-state index in [-0.39, 0.29) is 5.69 Å². The average molecular weight is 431 g/mol. The zero-order valence-corrected chi connectivity index (χ0v) is 17.6. The van der Waals surface area contributed by atoms with E-state index < -0.39 is 4.92 Å². The number of nitrogens with one attached hydrogen (secondary N) is 2. The van der Waals surface area contributed by atoms with Gasteiger partial charge in [0, 0.05) is 24.7 Å². The molecule has 160 valence electrons. The van der Waals surface area contributed by atoms with Gasteiger partial charge in [-0.25, -0.2) is 4.98 Å². The van der Waals surface area contributed by atoms with Gasteiger partial charge in [-0.15, -0.1) is 0 Å². The van der Waals surface area contributed by atoms with E-state index in [1.54, 1.807) is 0 Å². The summed E-state index contributed by atoms with van der Waals surface area (Å²) in [5.74, 6) is 2.24. The lowest BCUT2D eigenvalue weighted by atomic mass is 9.79. The zero-order valence-electron chi connectivity index (χ0n) is 16.9. The molecular formula is C21H27ClN6O2. The van der Waals surface area contributed by atoms with Crippen LogP contribution < -0.4 is 15.5 Å². The minimum Gasteiger partial charge on any atom is -0.351 e. The molecule has 1 aromatic carbocycles. The Morgan fingerprint density at radius 2 is 1.87 bits per heavy atom. The molecule has 3 heterocycles. The van der Waals surface area contributed by atoms with E-state index in [2.05, 4.69) is 20.6 Å². The second-order valence-electron chi connectivity index (χ2n) is 8.02. The number of nitro groups is 1. The average Bonchev–Trinajstić information content (AvgIpc) is 2.79. The molecule has 1 aromatic heterocycles. The molecular weight excluding hydrogens is 404 g/mol. The number of nitrogens with zero attached hydrogens (tertiary/aromatic N) is 4. The van der Waals surface area contributed by atoms with Gasteiger partial charge in [0.2, 0.25) is 11.8 Å². The summed E-state index contributed by atoms with van der Waals surface area (Å²) in [4.78, 5) is 21.9. The molecule has 0 spiro atoms. The molecule has 2 aromatic rings. The highest BCUT2D eigenvalue weighted by atomic mass is 35.5. The topological polar surface area (TPSA) is 96.2 Å². The number of aromatic nitrogens is 2. The first kappa shape index (κ1) is 20.8. The first-order valence-electron chi connectivity index (χ1n) is 10.6. The largest absolute Gasteiger partial charge is 0.351 e. The van der Waals surface area contributed by atoms with E-state index in [0.717, 1.165) is 50.5 Å². The number of rotatable bonds is 6. The summed E-state index contributed by atoms with van der Waals surface area (Å²) >= 11 is 6.21. The number of anilines is 2. The van der Waals surface area contributed by atoms with Gasteiger partial charge in [0.25, 0.3) is 0 Å². The van der Waals surface area contributed by atoms with Crippen LogP contribution >= 0.6 is 11.6 Å². The Morgan fingerprint density at radius 3 is 2.57 bits per heavy atom. The lowest BCUT2D eigenvalue weighted by Crippen LogP contribution is -2.40. The fourth-order valence-electron chi connectivity index (χ4n) is 4.53. The van der Waals surface area contributed by atoms with E-state index in [9.17, 15) is 10.1 Å². The fraction of sp³-hybridized carbons (Fsp3) is 0.524. The minimum absolute atomic E-state index is 0.0430. The lowest BCUT2D eigenvalue weighted by molar-refractivity contribution is -0.384. The molecule has 8 nitrogen and oxygen atoms in total. The van der Waals surface area contributed by atoms with Crippen LogP contribution in [0.3, 0.4) is 0 Å². The van der Waals surface area contributed by atoms with Gasteiger partial charge in [0.1, 0.15) is 6.20 Å². The highest BCUT2D eigenvalue weighted by Gasteiger charge is 2.31. The predicted molar refractivity (Wildman–Crippen MR) is 118 cm³/mol. The van der Waals surface area contributed by atoms with Crippen LogP contribution in [0.5, 0.6) is 0 Å². The van der Waals surface area contributed by atoms with Crippen molar-refractivity contribution in [2.45, 2.75) is 32.2 Å². The summed E-state index contributed by atoms with van der Waals surface area (Å²) in [5, 5.41) is 18.8. The van der Waals surface area contributed by atoms with E-state index in [4.69, 9.17) is 11.6 Å². The quantitative estimate of drug-likeness (QED) is 0.530. The smallest absolute Gasteiger partial charge is 0.329 e. The van der Waals surface area contributed by atoms with Crippen molar-refractivity contribution in [3.05, 3.63) is 51.2 Å². The fourth-order valence-corrected chi connectivity index (χ4v) is 4.73. The molecule has 2 aliphatic heterocycles. The van der Waals surface area contributed by atoms with Crippen LogP contribution in [0.25, 0.3) is 0 Å². The molecule has 2 fully saturated rings. The summed E-state index contributed by atoms with van der Waals surface area (Å²) in [6.07, 6.45) is 5.86. The van der Waals surface area contributed by atoms with Gasteiger partial charge < -0.3 is 15.5 Å². The molecule has 0 aliphatic carbocycles. The number of hydrogen-bond acceptors (Lipinski definition) is 7. The van der Waals surface area contributed by atoms with Crippen molar-refractivity contribution in [1.29, 1.82) is 0 Å². The summed E-state index contributed by atoms with van der Waals surface area (Å²) in [5.41, 5.74) is 0.879. The lowest BCUT2D eigenvalue weighted by Gasteiger charge is -2.38. The maximum atomic E-state index is 11.6. The van der Waals surface area contributed by atoms with Crippen LogP contribution in [-0.4, -0.2) is 41.1 Å². The Hall–Kier alpha value is -2.45. The van der Waals surface area contributed by atoms with E-state index >= 15 is 0 Å². The summed E-state index contributed by atoms with van der Waals surface area (Å²) < 4.78 is 0. The second kappa shape index (κ2) is 9.57. The van der Waals surface area contributed by atoms with Crippen molar-refractivity contribution in [1.82, 2.24) is 15.3 Å². The molecule has 0 atom stereocenters. The summed E-state index contributed by atoms with van der Waals surface area (Å²) in [7, 11) is 0. The molecule has 0 radical (unpaired) electrons. The third-order valence-electron chi connectivity index (χ3n) is 6.23. The van der Waals surface area contributed by atoms with Gasteiger partial charge in [-0.05, 0) is 62.2 Å². The van der Waals surface area contributed by atoms with E-state index in [1.807, 2.05) is 29.2 Å². The van der Waals surface area contributed by atoms with Crippen LogP contribution in [0.2, 0.25) is 5.02 Å². The van der Waals surface area contributed by atoms with Crippen molar-refractivity contribution in [2.24, 2.45) is 11.8 Å². The second-order valence-corrected chi connectivity index (χ2v) is 8.42. The Balaban J connectivity index is 1.45. The van der Waals surface area contributed by atoms with Crippen molar-refractivity contribution in [3.63, 3.8) is 0 Å². The first-order chi connectivity index (χ1) is 14.6. The van der Waals surface area contributed by atoms with Gasteiger partial charge in [0.05, 0.1) is 4.92 Å². The van der Waals surface area contributed by atoms with E-state index in [0.29, 0.717) is 29.3 Å². The molecule has 0 amide bonds. The normalized spacial score (nSPS) is 18.4. The first-order valence-corrected chi connectivity index (χ1v) is 10.9. The SMILES string of the molecule is O=[N+]([O-])c1cnc(NCc2ccccc2Cl)nc1N1CCC(C2CCNCC2)CC1. The van der Waals surface area contributed by atoms with Gasteiger partial charge in [-0.3, -0.25) is 10.1 Å². The van der Waals surface area contributed by atoms with Gasteiger partial charge in [0.15, 0.2) is 0 Å². The van der Waals surface area contributed by atoms with Crippen LogP contribution in [0.1, 0.15) is 31.2 Å². The maximum absolute atomic E-state index is 11.6. The van der Waals surface area contributed by atoms with Gasteiger partial charge in [-0.1, -0.05) is 29.8 Å². The monoisotopic (exact) mass is 430 g/mol. The Bertz CT molecular complexity index is 882. The molecule has 0 bridgehead atoms. The van der Waals surface area contributed by atoms with Crippen molar-refractivity contribution in [3.8, 4) is 0 Å². The molecule has 9 heteroatoms. The molecule has 2 N–H and O–H groups in total. The van der Waals surface area contributed by atoms with Gasteiger partial charge >= 0.3 is 5.69 Å². The number of halogens is 1. The Morgan fingerprint density at radius 1 is 1.17 bits per heavy atom. The highest BCUT2D eigenvalue weighted by Crippen LogP contribution is 2.34. The molecule has 2 aliphatic rings. The summed E-state index contributed by atoms with van der Waals surface area (Å²) in [6.45, 7) is 4.23. The zero-order chi connectivity index (χ0) is 20.9. The minimum atomic E-state index is -0.397. The summed E-state index contributed by atoms with van der Waals surface area (Å²) in [6, 6.07) is 7.54. The number of benzene rings is 1. The number of piperidine rings is 2. The maximum Gasteiger partial charge on any atom is 0.329 e. The van der Waals surface area contributed by atoms with Crippen molar-refractivity contribution >= 4 is 29.1 Å². The van der Waals surface area contributed by atoms with Crippen LogP contribution in [0.15, 0.2) is 30.5 Å². The predicted octanol–water partition coefficient (Wildman–Crippen LogP) is 3.87. The van der Waals surface area contributed by atoms with Crippen LogP contribution in [0, 0.1) is 22.0 Å². The van der Waals surface area contributed by atoms with Crippen LogP contribution in [-0.2, 0) is 6.54 Å². The van der Waals surface area contributed by atoms with Crippen LogP contribution in [0.4, 0.5) is 17.5 Å². The third kappa shape index (κ3) is 4.82. The van der Waals surface area contributed by atoms with Crippen molar-refractivity contribution in [2.75, 3.05) is 36.4 Å². The number of hydrogen-bond donors (Lipinski definition) is 2. The molecule has 0 unspecified atom stereocenters. The van der Waals surface area contributed by atoms with Crippen molar-refractivity contribution < 1.29 is 4.92 Å². The molecule has 0 saturated carbocycles. The highest BCUT2D eigenvalue weighted by molar-refractivity contribution is 6.31. The van der Waals surface area contributed by atoms with E-state index in [1.165, 1.54) is 19.0 Å².